The third-order valence-corrected chi connectivity index (χ3v) is 2.99. The van der Waals surface area contributed by atoms with Crippen molar-refractivity contribution in [3.05, 3.63) is 45.6 Å². The molecule has 0 bridgehead atoms. The first-order valence-electron chi connectivity index (χ1n) is 5.32. The summed E-state index contributed by atoms with van der Waals surface area (Å²) in [6.45, 7) is 1.27. The molecule has 1 aromatic heterocycles. The van der Waals surface area contributed by atoms with Gasteiger partial charge in [0.05, 0.1) is 5.02 Å². The standard InChI is InChI=1S/C13H9BrClNO3/c1-8(17)19-16-7-10-3-5-13(18-10)11-4-2-9(14)6-12(11)15/h2-7H,1H3/b16-7+. The predicted octanol–water partition coefficient (Wildman–Crippen LogP) is 4.26. The third-order valence-electron chi connectivity index (χ3n) is 2.18. The summed E-state index contributed by atoms with van der Waals surface area (Å²) >= 11 is 9.46. The first-order chi connectivity index (χ1) is 9.06. The summed E-state index contributed by atoms with van der Waals surface area (Å²) in [5.41, 5.74) is 0.775. The smallest absolute Gasteiger partial charge is 0.331 e. The normalized spacial score (nSPS) is 10.9. The molecule has 0 spiro atoms. The van der Waals surface area contributed by atoms with Gasteiger partial charge in [-0.3, -0.25) is 0 Å². The summed E-state index contributed by atoms with van der Waals surface area (Å²) in [6, 6.07) is 8.98. The fourth-order valence-electron chi connectivity index (χ4n) is 1.41. The Bertz CT molecular complexity index is 637. The van der Waals surface area contributed by atoms with E-state index in [1.54, 1.807) is 18.2 Å². The Morgan fingerprint density at radius 2 is 2.21 bits per heavy atom. The van der Waals surface area contributed by atoms with Crippen LogP contribution in [0.3, 0.4) is 0 Å². The lowest BCUT2D eigenvalue weighted by Crippen LogP contribution is -1.90. The molecule has 98 valence electrons. The van der Waals surface area contributed by atoms with Crippen molar-refractivity contribution in [1.29, 1.82) is 0 Å². The SMILES string of the molecule is CC(=O)O/N=C/c1ccc(-c2ccc(Br)cc2Cl)o1. The maximum atomic E-state index is 10.5. The van der Waals surface area contributed by atoms with Gasteiger partial charge in [-0.2, -0.15) is 0 Å². The van der Waals surface area contributed by atoms with Crippen LogP contribution >= 0.6 is 27.5 Å². The highest BCUT2D eigenvalue weighted by Crippen LogP contribution is 2.31. The van der Waals surface area contributed by atoms with Gasteiger partial charge in [-0.05, 0) is 30.3 Å². The number of rotatable bonds is 3. The minimum absolute atomic E-state index is 0.468. The Morgan fingerprint density at radius 3 is 2.89 bits per heavy atom. The molecule has 0 unspecified atom stereocenters. The number of nitrogens with zero attached hydrogens (tertiary/aromatic N) is 1. The van der Waals surface area contributed by atoms with E-state index in [0.29, 0.717) is 16.5 Å². The lowest BCUT2D eigenvalue weighted by molar-refractivity contribution is -0.140. The molecule has 0 saturated heterocycles. The van der Waals surface area contributed by atoms with Gasteiger partial charge in [-0.25, -0.2) is 4.79 Å². The van der Waals surface area contributed by atoms with Gasteiger partial charge in [-0.1, -0.05) is 32.7 Å². The van der Waals surface area contributed by atoms with E-state index < -0.39 is 5.97 Å². The quantitative estimate of drug-likeness (QED) is 0.476. The van der Waals surface area contributed by atoms with E-state index in [1.165, 1.54) is 13.1 Å². The van der Waals surface area contributed by atoms with E-state index >= 15 is 0 Å². The number of carbonyl (C=O) groups is 1. The number of carbonyl (C=O) groups excluding carboxylic acids is 1. The number of benzene rings is 1. The zero-order valence-corrected chi connectivity index (χ0v) is 12.2. The number of halogens is 2. The molecule has 1 heterocycles. The lowest BCUT2D eigenvalue weighted by atomic mass is 10.2. The summed E-state index contributed by atoms with van der Waals surface area (Å²) in [5, 5.41) is 4.05. The number of hydrogen-bond acceptors (Lipinski definition) is 4. The topological polar surface area (TPSA) is 51.8 Å². The molecule has 4 nitrogen and oxygen atoms in total. The van der Waals surface area contributed by atoms with Crippen LogP contribution in [-0.4, -0.2) is 12.2 Å². The summed E-state index contributed by atoms with van der Waals surface area (Å²) in [6.07, 6.45) is 1.32. The minimum Gasteiger partial charge on any atom is -0.455 e. The van der Waals surface area contributed by atoms with Crippen molar-refractivity contribution >= 4 is 39.7 Å². The molecule has 0 aliphatic rings. The van der Waals surface area contributed by atoms with Gasteiger partial charge < -0.3 is 9.25 Å². The van der Waals surface area contributed by atoms with Crippen LogP contribution in [0.1, 0.15) is 12.7 Å². The molecule has 0 atom stereocenters. The Hall–Kier alpha value is -1.59. The molecule has 0 N–H and O–H groups in total. The molecule has 0 aliphatic heterocycles. The zero-order chi connectivity index (χ0) is 13.8. The number of furan rings is 1. The molecule has 0 amide bonds. The van der Waals surface area contributed by atoms with Crippen molar-refractivity contribution in [2.24, 2.45) is 5.16 Å². The van der Waals surface area contributed by atoms with Gasteiger partial charge in [0.2, 0.25) is 0 Å². The van der Waals surface area contributed by atoms with Gasteiger partial charge in [0.15, 0.2) is 0 Å². The van der Waals surface area contributed by atoms with Gasteiger partial charge >= 0.3 is 5.97 Å². The van der Waals surface area contributed by atoms with E-state index in [0.717, 1.165) is 10.0 Å². The predicted molar refractivity (Wildman–Crippen MR) is 76.2 cm³/mol. The molecular formula is C13H9BrClNO3. The molecule has 0 saturated carbocycles. The molecule has 1 aromatic carbocycles. The van der Waals surface area contributed by atoms with Crippen LogP contribution in [0, 0.1) is 0 Å². The Labute approximate surface area is 123 Å². The van der Waals surface area contributed by atoms with Crippen LogP contribution in [0.15, 0.2) is 44.4 Å². The number of hydrogen-bond donors (Lipinski definition) is 0. The van der Waals surface area contributed by atoms with E-state index in [9.17, 15) is 4.79 Å². The summed E-state index contributed by atoms with van der Waals surface area (Å²) in [5.74, 6) is 0.594. The molecule has 0 radical (unpaired) electrons. The van der Waals surface area contributed by atoms with Crippen molar-refractivity contribution in [1.82, 2.24) is 0 Å². The van der Waals surface area contributed by atoms with Crippen LogP contribution in [0.5, 0.6) is 0 Å². The Balaban J connectivity index is 2.21. The zero-order valence-electron chi connectivity index (χ0n) is 9.89. The van der Waals surface area contributed by atoms with Gasteiger partial charge in [-0.15, -0.1) is 0 Å². The second-order valence-corrected chi connectivity index (χ2v) is 4.97. The van der Waals surface area contributed by atoms with Crippen molar-refractivity contribution in [2.75, 3.05) is 0 Å². The molecule has 19 heavy (non-hydrogen) atoms. The Kier molecular flexibility index (Phi) is 4.39. The van der Waals surface area contributed by atoms with Crippen molar-refractivity contribution in [2.45, 2.75) is 6.92 Å². The van der Waals surface area contributed by atoms with Gasteiger partial charge in [0.1, 0.15) is 17.7 Å². The van der Waals surface area contributed by atoms with E-state index in [1.807, 2.05) is 12.1 Å². The monoisotopic (exact) mass is 341 g/mol. The summed E-state index contributed by atoms with van der Waals surface area (Å²) in [4.78, 5) is 15.0. The van der Waals surface area contributed by atoms with Crippen LogP contribution in [-0.2, 0) is 9.63 Å². The molecule has 2 rings (SSSR count). The molecule has 6 heteroatoms. The minimum atomic E-state index is -0.487. The van der Waals surface area contributed by atoms with E-state index in [4.69, 9.17) is 16.0 Å². The van der Waals surface area contributed by atoms with Gasteiger partial charge in [0, 0.05) is 17.0 Å². The first kappa shape index (κ1) is 13.8. The number of oxime groups is 1. The maximum absolute atomic E-state index is 10.5. The molecule has 2 aromatic rings. The fraction of sp³-hybridized carbons (Fsp3) is 0.0769. The van der Waals surface area contributed by atoms with Crippen molar-refractivity contribution in [3.8, 4) is 11.3 Å². The summed E-state index contributed by atoms with van der Waals surface area (Å²) < 4.78 is 6.42. The first-order valence-corrected chi connectivity index (χ1v) is 6.49. The van der Waals surface area contributed by atoms with Crippen LogP contribution in [0.25, 0.3) is 11.3 Å². The van der Waals surface area contributed by atoms with Crippen LogP contribution < -0.4 is 0 Å². The molecule has 0 aliphatic carbocycles. The maximum Gasteiger partial charge on any atom is 0.331 e. The summed E-state index contributed by atoms with van der Waals surface area (Å²) in [7, 11) is 0. The second-order valence-electron chi connectivity index (χ2n) is 3.64. The second kappa shape index (κ2) is 6.04. The molecular weight excluding hydrogens is 334 g/mol. The van der Waals surface area contributed by atoms with Crippen molar-refractivity contribution < 1.29 is 14.0 Å². The molecule has 0 fully saturated rings. The lowest BCUT2D eigenvalue weighted by Gasteiger charge is -2.00. The fourth-order valence-corrected chi connectivity index (χ4v) is 2.18. The van der Waals surface area contributed by atoms with E-state index in [2.05, 4.69) is 25.9 Å². The largest absolute Gasteiger partial charge is 0.455 e. The highest BCUT2D eigenvalue weighted by molar-refractivity contribution is 9.10. The van der Waals surface area contributed by atoms with Crippen LogP contribution in [0.2, 0.25) is 5.02 Å². The average molecular weight is 343 g/mol. The third kappa shape index (κ3) is 3.68. The van der Waals surface area contributed by atoms with Gasteiger partial charge in [0.25, 0.3) is 0 Å². The van der Waals surface area contributed by atoms with Crippen LogP contribution in [0.4, 0.5) is 0 Å². The average Bonchev–Trinajstić information content (AvgIpc) is 2.77. The Morgan fingerprint density at radius 1 is 1.42 bits per heavy atom. The van der Waals surface area contributed by atoms with Crippen molar-refractivity contribution in [3.63, 3.8) is 0 Å². The van der Waals surface area contributed by atoms with E-state index in [-0.39, 0.29) is 0 Å². The highest BCUT2D eigenvalue weighted by atomic mass is 79.9. The highest BCUT2D eigenvalue weighted by Gasteiger charge is 2.08.